The zero-order valence-corrected chi connectivity index (χ0v) is 18.8. The topological polar surface area (TPSA) is 49.2 Å². The SMILES string of the molecule is COc1ncccc1-c1nc(C2CC(C)(C)OC(C)(C)C2)cn1-c1ccc(C)cc1. The van der Waals surface area contributed by atoms with Crippen LogP contribution >= 0.6 is 0 Å². The summed E-state index contributed by atoms with van der Waals surface area (Å²) >= 11 is 0. The van der Waals surface area contributed by atoms with E-state index in [4.69, 9.17) is 14.5 Å². The Kier molecular flexibility index (Phi) is 5.18. The van der Waals surface area contributed by atoms with Gasteiger partial charge in [0.2, 0.25) is 5.88 Å². The van der Waals surface area contributed by atoms with Crippen LogP contribution in [0.15, 0.2) is 48.8 Å². The molecule has 0 bridgehead atoms. The minimum absolute atomic E-state index is 0.188. The third-order valence-corrected chi connectivity index (χ3v) is 5.69. The zero-order valence-electron chi connectivity index (χ0n) is 18.8. The molecule has 0 atom stereocenters. The number of aryl methyl sites for hydroxylation is 1. The molecule has 4 rings (SSSR count). The highest BCUT2D eigenvalue weighted by Crippen LogP contribution is 2.44. The van der Waals surface area contributed by atoms with Crippen LogP contribution in [0.1, 0.15) is 57.7 Å². The van der Waals surface area contributed by atoms with E-state index in [0.717, 1.165) is 35.6 Å². The first kappa shape index (κ1) is 20.6. The quantitative estimate of drug-likeness (QED) is 0.558. The summed E-state index contributed by atoms with van der Waals surface area (Å²) in [6, 6.07) is 12.4. The highest BCUT2D eigenvalue weighted by Gasteiger charge is 2.41. The molecule has 3 heterocycles. The molecule has 1 aliphatic heterocycles. The van der Waals surface area contributed by atoms with Crippen molar-refractivity contribution in [2.45, 2.75) is 64.6 Å². The third-order valence-electron chi connectivity index (χ3n) is 5.69. The van der Waals surface area contributed by atoms with Gasteiger partial charge in [-0.05, 0) is 71.7 Å². The second-order valence-corrected chi connectivity index (χ2v) is 9.48. The second-order valence-electron chi connectivity index (χ2n) is 9.48. The van der Waals surface area contributed by atoms with Crippen LogP contribution in [-0.2, 0) is 4.74 Å². The fourth-order valence-corrected chi connectivity index (χ4v) is 4.71. The minimum Gasteiger partial charge on any atom is -0.480 e. The molecular formula is C25H31N3O2. The summed E-state index contributed by atoms with van der Waals surface area (Å²) in [6.45, 7) is 10.8. The van der Waals surface area contributed by atoms with Crippen LogP contribution in [-0.4, -0.2) is 32.8 Å². The molecule has 0 spiro atoms. The highest BCUT2D eigenvalue weighted by molar-refractivity contribution is 5.65. The number of benzene rings is 1. The van der Waals surface area contributed by atoms with Crippen LogP contribution in [0.5, 0.6) is 5.88 Å². The molecule has 2 aromatic heterocycles. The predicted octanol–water partition coefficient (Wildman–Crippen LogP) is 5.70. The van der Waals surface area contributed by atoms with E-state index in [9.17, 15) is 0 Å². The summed E-state index contributed by atoms with van der Waals surface area (Å²) < 4.78 is 14.0. The fraction of sp³-hybridized carbons (Fsp3) is 0.440. The Balaban J connectivity index is 1.85. The molecule has 0 amide bonds. The summed E-state index contributed by atoms with van der Waals surface area (Å²) in [5.74, 6) is 1.74. The van der Waals surface area contributed by atoms with Gasteiger partial charge in [0, 0.05) is 24.0 Å². The monoisotopic (exact) mass is 405 g/mol. The second kappa shape index (κ2) is 7.55. The first-order chi connectivity index (χ1) is 14.2. The van der Waals surface area contributed by atoms with Crippen molar-refractivity contribution in [3.8, 4) is 23.0 Å². The van der Waals surface area contributed by atoms with Crippen LogP contribution < -0.4 is 4.74 Å². The van der Waals surface area contributed by atoms with Gasteiger partial charge in [0.15, 0.2) is 0 Å². The average Bonchev–Trinajstić information content (AvgIpc) is 3.11. The minimum atomic E-state index is -0.188. The molecule has 158 valence electrons. The Hall–Kier alpha value is -2.66. The van der Waals surface area contributed by atoms with Gasteiger partial charge in [0.05, 0.1) is 29.6 Å². The molecule has 1 aromatic carbocycles. The Labute approximate surface area is 179 Å². The lowest BCUT2D eigenvalue weighted by Crippen LogP contribution is -2.44. The van der Waals surface area contributed by atoms with Crippen molar-refractivity contribution in [3.05, 3.63) is 60.0 Å². The van der Waals surface area contributed by atoms with Crippen molar-refractivity contribution in [2.75, 3.05) is 7.11 Å². The maximum Gasteiger partial charge on any atom is 0.224 e. The maximum atomic E-state index is 6.30. The van der Waals surface area contributed by atoms with Gasteiger partial charge in [0.1, 0.15) is 5.82 Å². The number of methoxy groups -OCH3 is 1. The smallest absolute Gasteiger partial charge is 0.224 e. The fourth-order valence-electron chi connectivity index (χ4n) is 4.71. The molecular weight excluding hydrogens is 374 g/mol. The van der Waals surface area contributed by atoms with E-state index in [1.165, 1.54) is 5.56 Å². The molecule has 1 saturated heterocycles. The Morgan fingerprint density at radius 3 is 2.33 bits per heavy atom. The number of hydrogen-bond donors (Lipinski definition) is 0. The number of rotatable bonds is 4. The molecule has 0 saturated carbocycles. The summed E-state index contributed by atoms with van der Waals surface area (Å²) in [6.07, 6.45) is 5.79. The van der Waals surface area contributed by atoms with Gasteiger partial charge in [0.25, 0.3) is 0 Å². The molecule has 0 unspecified atom stereocenters. The summed E-state index contributed by atoms with van der Waals surface area (Å²) in [5.41, 5.74) is 3.90. The van der Waals surface area contributed by atoms with E-state index in [1.807, 2.05) is 12.1 Å². The van der Waals surface area contributed by atoms with Crippen LogP contribution in [0, 0.1) is 6.92 Å². The maximum absolute atomic E-state index is 6.30. The summed E-state index contributed by atoms with van der Waals surface area (Å²) in [7, 11) is 1.65. The molecule has 5 heteroatoms. The number of pyridine rings is 1. The van der Waals surface area contributed by atoms with Gasteiger partial charge >= 0.3 is 0 Å². The van der Waals surface area contributed by atoms with Crippen LogP contribution in [0.4, 0.5) is 0 Å². The molecule has 5 nitrogen and oxygen atoms in total. The largest absolute Gasteiger partial charge is 0.480 e. The number of ether oxygens (including phenoxy) is 2. The number of nitrogens with zero attached hydrogens (tertiary/aromatic N) is 3. The lowest BCUT2D eigenvalue weighted by molar-refractivity contribution is -0.162. The Morgan fingerprint density at radius 1 is 1.03 bits per heavy atom. The van der Waals surface area contributed by atoms with Crippen LogP contribution in [0.2, 0.25) is 0 Å². The van der Waals surface area contributed by atoms with E-state index in [0.29, 0.717) is 11.8 Å². The standard InChI is InChI=1S/C25H31N3O2/c1-17-9-11-19(12-10-17)28-16-21(18-14-24(2,3)30-25(4,5)15-18)27-22(28)20-8-7-13-26-23(20)29-6/h7-13,16,18H,14-15H2,1-6H3. The van der Waals surface area contributed by atoms with Crippen molar-refractivity contribution in [1.29, 1.82) is 0 Å². The lowest BCUT2D eigenvalue weighted by Gasteiger charge is -2.45. The Bertz CT molecular complexity index is 1020. The number of imidazole rings is 1. The molecule has 0 N–H and O–H groups in total. The molecule has 30 heavy (non-hydrogen) atoms. The molecule has 0 radical (unpaired) electrons. The predicted molar refractivity (Wildman–Crippen MR) is 119 cm³/mol. The molecule has 3 aromatic rings. The third kappa shape index (κ3) is 4.12. The highest BCUT2D eigenvalue weighted by atomic mass is 16.5. The van der Waals surface area contributed by atoms with Gasteiger partial charge in [-0.1, -0.05) is 17.7 Å². The lowest BCUT2D eigenvalue weighted by atomic mass is 9.79. The van der Waals surface area contributed by atoms with Gasteiger partial charge in [-0.2, -0.15) is 0 Å². The van der Waals surface area contributed by atoms with Gasteiger partial charge < -0.3 is 9.47 Å². The van der Waals surface area contributed by atoms with E-state index in [1.54, 1.807) is 13.3 Å². The summed E-state index contributed by atoms with van der Waals surface area (Å²) in [4.78, 5) is 9.52. The zero-order chi connectivity index (χ0) is 21.5. The van der Waals surface area contributed by atoms with E-state index in [2.05, 4.69) is 74.6 Å². The van der Waals surface area contributed by atoms with Crippen LogP contribution in [0.3, 0.4) is 0 Å². The first-order valence-corrected chi connectivity index (χ1v) is 10.5. The van der Waals surface area contributed by atoms with Crippen molar-refractivity contribution in [3.63, 3.8) is 0 Å². The molecule has 1 fully saturated rings. The number of hydrogen-bond acceptors (Lipinski definition) is 4. The van der Waals surface area contributed by atoms with Gasteiger partial charge in [-0.3, -0.25) is 4.57 Å². The van der Waals surface area contributed by atoms with E-state index in [-0.39, 0.29) is 11.2 Å². The average molecular weight is 406 g/mol. The molecule has 1 aliphatic rings. The van der Waals surface area contributed by atoms with E-state index >= 15 is 0 Å². The van der Waals surface area contributed by atoms with Gasteiger partial charge in [-0.15, -0.1) is 0 Å². The summed E-state index contributed by atoms with van der Waals surface area (Å²) in [5, 5.41) is 0. The normalized spacial score (nSPS) is 18.3. The van der Waals surface area contributed by atoms with Crippen molar-refractivity contribution < 1.29 is 9.47 Å². The Morgan fingerprint density at radius 2 is 1.70 bits per heavy atom. The van der Waals surface area contributed by atoms with Crippen molar-refractivity contribution in [2.24, 2.45) is 0 Å². The first-order valence-electron chi connectivity index (χ1n) is 10.5. The van der Waals surface area contributed by atoms with Crippen molar-refractivity contribution >= 4 is 0 Å². The van der Waals surface area contributed by atoms with Gasteiger partial charge in [-0.25, -0.2) is 9.97 Å². The molecule has 0 aliphatic carbocycles. The van der Waals surface area contributed by atoms with Crippen molar-refractivity contribution in [1.82, 2.24) is 14.5 Å². The van der Waals surface area contributed by atoms with E-state index < -0.39 is 0 Å². The number of aromatic nitrogens is 3. The van der Waals surface area contributed by atoms with Crippen LogP contribution in [0.25, 0.3) is 17.1 Å².